The molecule has 0 radical (unpaired) electrons. The maximum absolute atomic E-state index is 11.4. The van der Waals surface area contributed by atoms with E-state index in [2.05, 4.69) is 56.4 Å². The number of ether oxygens (including phenoxy) is 5. The van der Waals surface area contributed by atoms with E-state index in [9.17, 15) is 14.7 Å². The van der Waals surface area contributed by atoms with Gasteiger partial charge in [0.15, 0.2) is 0 Å². The van der Waals surface area contributed by atoms with Crippen molar-refractivity contribution in [2.45, 2.75) is 137 Å². The highest BCUT2D eigenvalue weighted by Gasteiger charge is 2.28. The van der Waals surface area contributed by atoms with E-state index in [0.29, 0.717) is 31.3 Å². The Balaban J connectivity index is 0.000000273. The van der Waals surface area contributed by atoms with Gasteiger partial charge in [0, 0.05) is 32.2 Å². The fourth-order valence-corrected chi connectivity index (χ4v) is 6.89. The first-order valence-electron chi connectivity index (χ1n) is 22.7. The van der Waals surface area contributed by atoms with Crippen molar-refractivity contribution in [1.82, 2.24) is 15.1 Å². The minimum atomic E-state index is -0.454. The normalized spacial score (nSPS) is 17.8. The smallest absolute Gasteiger partial charge is 0.410 e. The van der Waals surface area contributed by atoms with E-state index in [-0.39, 0.29) is 29.9 Å². The van der Waals surface area contributed by atoms with Crippen LogP contribution < -0.4 is 25.3 Å². The van der Waals surface area contributed by atoms with E-state index in [4.69, 9.17) is 29.4 Å². The van der Waals surface area contributed by atoms with Crippen molar-refractivity contribution in [3.8, 4) is 17.2 Å². The van der Waals surface area contributed by atoms with Gasteiger partial charge < -0.3 is 49.6 Å². The van der Waals surface area contributed by atoms with E-state index in [1.807, 2.05) is 90.9 Å². The zero-order valence-electron chi connectivity index (χ0n) is 40.9. The fraction of sp³-hybridized carbons (Fsp3) is 0.608. The van der Waals surface area contributed by atoms with Crippen LogP contribution in [0, 0.1) is 5.92 Å². The topological polar surface area (TPSA) is 145 Å². The molecule has 0 aromatic heterocycles. The van der Waals surface area contributed by atoms with Crippen LogP contribution in [0.15, 0.2) is 72.8 Å². The standard InChI is InChI=1S/C14H21NO.C10H14O.C9H17NO3.C9H17NO2.C9H13NO/c1-11(8-12-6-7-15-10-12)13-4-3-5-14(9-13)16-2;1-8(2)9-5-4-6-10(7-9)11-3;1-9(2,3)13-8(12)10-5-4-7(11)6-10;1-9(2,3)12-8(11)10-6-4-5-7-10;1-7(10)8-4-3-5-9(6-8)11-2/h3-5,9,11-12,15H,6-8,10H2,1-2H3;4-8H,1-3H3;7,11H,4-6H2,1-3H3;4-7H2,1-3H3;3-7H,10H2,1-2H3/t11-,12-;;7-;;7-/m0.0.1/s1. The first-order chi connectivity index (χ1) is 29.6. The Morgan fingerprint density at radius 1 is 0.698 bits per heavy atom. The Bertz CT molecular complexity index is 1690. The van der Waals surface area contributed by atoms with Gasteiger partial charge in [-0.1, -0.05) is 57.2 Å². The number of methoxy groups -OCH3 is 3. The van der Waals surface area contributed by atoms with Gasteiger partial charge in [0.25, 0.3) is 0 Å². The molecule has 0 aliphatic carbocycles. The number of hydrogen-bond acceptors (Lipinski definition) is 10. The van der Waals surface area contributed by atoms with Gasteiger partial charge in [0.05, 0.1) is 27.4 Å². The van der Waals surface area contributed by atoms with E-state index < -0.39 is 5.60 Å². The van der Waals surface area contributed by atoms with E-state index >= 15 is 0 Å². The molecular weight excluding hydrogens is 797 g/mol. The molecule has 3 heterocycles. The lowest BCUT2D eigenvalue weighted by Gasteiger charge is -2.24. The number of aliphatic hydroxyl groups is 1. The van der Waals surface area contributed by atoms with Gasteiger partial charge in [-0.15, -0.1) is 0 Å². The SMILES string of the molecule is CC(C)(C)OC(=O)N1CCCC1.CC(C)(C)OC(=O)N1CC[C@H](O)C1.COc1cccc(C(C)C)c1.COc1cccc([C@@H](C)C[C@@H]2CCNC2)c1.COc1cccc([C@@H](C)N)c1. The zero-order chi connectivity index (χ0) is 47.2. The predicted octanol–water partition coefficient (Wildman–Crippen LogP) is 10.3. The van der Waals surface area contributed by atoms with Crippen molar-refractivity contribution in [3.05, 3.63) is 89.5 Å². The second-order valence-electron chi connectivity index (χ2n) is 18.8. The highest BCUT2D eigenvalue weighted by molar-refractivity contribution is 5.68. The maximum atomic E-state index is 11.4. The summed E-state index contributed by atoms with van der Waals surface area (Å²) in [5, 5.41) is 12.6. The van der Waals surface area contributed by atoms with Crippen molar-refractivity contribution in [2.75, 3.05) is 60.6 Å². The predicted molar refractivity (Wildman–Crippen MR) is 255 cm³/mol. The van der Waals surface area contributed by atoms with Crippen LogP contribution in [0.3, 0.4) is 0 Å². The molecule has 0 unspecified atom stereocenters. The summed E-state index contributed by atoms with van der Waals surface area (Å²) in [5.41, 5.74) is 8.69. The molecule has 0 saturated carbocycles. The second kappa shape index (κ2) is 27.6. The van der Waals surface area contributed by atoms with Crippen LogP contribution in [-0.2, 0) is 9.47 Å². The minimum Gasteiger partial charge on any atom is -0.497 e. The fourth-order valence-electron chi connectivity index (χ4n) is 6.89. The number of carbonyl (C=O) groups excluding carboxylic acids is 2. The van der Waals surface area contributed by atoms with Gasteiger partial charge in [-0.05, 0) is 165 Å². The van der Waals surface area contributed by atoms with Crippen molar-refractivity contribution in [3.63, 3.8) is 0 Å². The Labute approximate surface area is 380 Å². The average Bonchev–Trinajstić information content (AvgIpc) is 4.06. The summed E-state index contributed by atoms with van der Waals surface area (Å²) >= 11 is 0. The number of aliphatic hydroxyl groups excluding tert-OH is 1. The molecule has 3 aromatic carbocycles. The number of rotatable bonds is 8. The summed E-state index contributed by atoms with van der Waals surface area (Å²) in [4.78, 5) is 26.1. The quantitative estimate of drug-likeness (QED) is 0.200. The highest BCUT2D eigenvalue weighted by atomic mass is 16.6. The first-order valence-corrected chi connectivity index (χ1v) is 22.7. The molecule has 3 aliphatic heterocycles. The number of carbonyl (C=O) groups is 2. The first kappa shape index (κ1) is 54.6. The average molecular weight is 879 g/mol. The molecule has 3 aliphatic rings. The largest absolute Gasteiger partial charge is 0.497 e. The number of likely N-dealkylation sites (tertiary alicyclic amines) is 2. The molecule has 3 saturated heterocycles. The number of amides is 2. The Kier molecular flexibility index (Phi) is 23.9. The van der Waals surface area contributed by atoms with E-state index in [1.54, 1.807) is 26.2 Å². The van der Waals surface area contributed by atoms with Gasteiger partial charge in [-0.25, -0.2) is 9.59 Å². The lowest BCUT2D eigenvalue weighted by Crippen LogP contribution is -2.35. The van der Waals surface area contributed by atoms with E-state index in [0.717, 1.165) is 54.7 Å². The van der Waals surface area contributed by atoms with Crippen molar-refractivity contribution in [2.24, 2.45) is 11.7 Å². The molecule has 3 aromatic rings. The number of nitrogens with two attached hydrogens (primary N) is 1. The third-order valence-electron chi connectivity index (χ3n) is 10.5. The molecule has 2 amide bonds. The van der Waals surface area contributed by atoms with Gasteiger partial charge in [-0.2, -0.15) is 0 Å². The number of hydrogen-bond donors (Lipinski definition) is 3. The Hall–Kier alpha value is -4.52. The van der Waals surface area contributed by atoms with Crippen molar-refractivity contribution in [1.29, 1.82) is 0 Å². The molecule has 0 spiro atoms. The number of nitrogens with one attached hydrogen (secondary N) is 1. The Morgan fingerprint density at radius 3 is 1.57 bits per heavy atom. The lowest BCUT2D eigenvalue weighted by molar-refractivity contribution is 0.0266. The van der Waals surface area contributed by atoms with Crippen molar-refractivity contribution >= 4 is 12.2 Å². The van der Waals surface area contributed by atoms with Crippen molar-refractivity contribution < 1.29 is 38.4 Å². The summed E-state index contributed by atoms with van der Waals surface area (Å²) in [6.45, 7) is 24.9. The van der Waals surface area contributed by atoms with Gasteiger partial charge in [-0.3, -0.25) is 0 Å². The molecule has 4 N–H and O–H groups in total. The van der Waals surface area contributed by atoms with Crippen LogP contribution in [0.2, 0.25) is 0 Å². The molecule has 63 heavy (non-hydrogen) atoms. The summed E-state index contributed by atoms with van der Waals surface area (Å²) in [7, 11) is 5.07. The van der Waals surface area contributed by atoms with Crippen LogP contribution in [0.1, 0.15) is 136 Å². The molecule has 354 valence electrons. The van der Waals surface area contributed by atoms with Crippen LogP contribution in [0.25, 0.3) is 0 Å². The van der Waals surface area contributed by atoms with Crippen LogP contribution in [0.5, 0.6) is 17.2 Å². The molecule has 0 bridgehead atoms. The monoisotopic (exact) mass is 879 g/mol. The molecule has 3 fully saturated rings. The van der Waals surface area contributed by atoms with Gasteiger partial charge in [0.1, 0.15) is 28.5 Å². The summed E-state index contributed by atoms with van der Waals surface area (Å²) < 4.78 is 25.8. The number of nitrogens with zero attached hydrogens (tertiary/aromatic N) is 2. The van der Waals surface area contributed by atoms with Crippen LogP contribution >= 0.6 is 0 Å². The lowest BCUT2D eigenvalue weighted by atomic mass is 9.90. The summed E-state index contributed by atoms with van der Waals surface area (Å²) in [6.07, 6.45) is 4.60. The van der Waals surface area contributed by atoms with Crippen LogP contribution in [0.4, 0.5) is 9.59 Å². The van der Waals surface area contributed by atoms with Gasteiger partial charge in [0.2, 0.25) is 0 Å². The maximum Gasteiger partial charge on any atom is 0.410 e. The molecule has 12 nitrogen and oxygen atoms in total. The zero-order valence-corrected chi connectivity index (χ0v) is 40.9. The van der Waals surface area contributed by atoms with Crippen LogP contribution in [-0.4, -0.2) is 105 Å². The number of β-amino-alcohol motifs (C(OH)–C–C–N with tert-alkyl or cyclic N) is 1. The third-order valence-corrected chi connectivity index (χ3v) is 10.5. The van der Waals surface area contributed by atoms with E-state index in [1.165, 1.54) is 42.0 Å². The molecular formula is C51H82N4O8. The summed E-state index contributed by atoms with van der Waals surface area (Å²) in [6, 6.07) is 24.5. The molecule has 6 rings (SSSR count). The Morgan fingerprint density at radius 2 is 1.16 bits per heavy atom. The second-order valence-corrected chi connectivity index (χ2v) is 18.8. The molecule has 4 atom stereocenters. The third kappa shape index (κ3) is 22.6. The van der Waals surface area contributed by atoms with Gasteiger partial charge >= 0.3 is 12.2 Å². The summed E-state index contributed by atoms with van der Waals surface area (Å²) in [5.74, 6) is 4.82. The molecule has 12 heteroatoms. The number of benzene rings is 3. The highest BCUT2D eigenvalue weighted by Crippen LogP contribution is 2.28. The minimum absolute atomic E-state index is 0.0742.